The van der Waals surface area contributed by atoms with Gasteiger partial charge in [0.05, 0.1) is 6.61 Å². The fourth-order valence-electron chi connectivity index (χ4n) is 1.42. The maximum atomic E-state index is 12.6. The quantitative estimate of drug-likeness (QED) is 0.583. The minimum absolute atomic E-state index is 0.285. The van der Waals surface area contributed by atoms with Crippen molar-refractivity contribution in [3.8, 4) is 0 Å². The van der Waals surface area contributed by atoms with Gasteiger partial charge in [-0.1, -0.05) is 0 Å². The van der Waals surface area contributed by atoms with Crippen LogP contribution in [0.2, 0.25) is 0 Å². The van der Waals surface area contributed by atoms with Crippen LogP contribution in [-0.4, -0.2) is 22.4 Å². The van der Waals surface area contributed by atoms with Crippen molar-refractivity contribution in [2.45, 2.75) is 25.3 Å². The van der Waals surface area contributed by atoms with E-state index in [1.165, 1.54) is 0 Å². The topological polar surface area (TPSA) is 44.1 Å². The molecular formula is C11H7F9N2O2. The first-order valence-corrected chi connectivity index (χ1v) is 5.90. The van der Waals surface area contributed by atoms with Gasteiger partial charge in [0.15, 0.2) is 11.5 Å². The predicted molar refractivity (Wildman–Crippen MR) is 58.2 cm³/mol. The fraction of sp³-hybridized carbons (Fsp3) is 0.455. The number of halogens is 9. The van der Waals surface area contributed by atoms with Gasteiger partial charge in [-0.25, -0.2) is 9.07 Å². The third-order valence-corrected chi connectivity index (χ3v) is 2.43. The molecule has 0 radical (unpaired) electrons. The van der Waals surface area contributed by atoms with E-state index in [0.29, 0.717) is 0 Å². The van der Waals surface area contributed by atoms with Gasteiger partial charge < -0.3 is 4.74 Å². The SMILES string of the molecule is O=C(Cn1nc(C(F)(F)F)cc1C(F)(F)F)OCCC(F)=C(F)F. The Morgan fingerprint density at radius 1 is 1.08 bits per heavy atom. The zero-order chi connectivity index (χ0) is 18.7. The summed E-state index contributed by atoms with van der Waals surface area (Å²) in [5, 5.41) is 2.63. The highest BCUT2D eigenvalue weighted by Crippen LogP contribution is 2.35. The van der Waals surface area contributed by atoms with Crippen LogP contribution in [0, 0.1) is 0 Å². The standard InChI is InChI=1S/C11H7F9N2O2/c12-5(9(13)14)1-2-24-8(23)4-22-7(11(18,19)20)3-6(21-22)10(15,16)17/h3H,1-2,4H2. The molecule has 1 heterocycles. The van der Waals surface area contributed by atoms with Crippen molar-refractivity contribution in [2.24, 2.45) is 0 Å². The number of alkyl halides is 6. The molecule has 0 saturated heterocycles. The Morgan fingerprint density at radius 2 is 1.67 bits per heavy atom. The number of hydrogen-bond donors (Lipinski definition) is 0. The highest BCUT2D eigenvalue weighted by atomic mass is 19.4. The summed E-state index contributed by atoms with van der Waals surface area (Å²) in [5.41, 5.74) is -3.73. The summed E-state index contributed by atoms with van der Waals surface area (Å²) in [7, 11) is 0. The third kappa shape index (κ3) is 5.45. The molecular weight excluding hydrogens is 363 g/mol. The Morgan fingerprint density at radius 3 is 2.12 bits per heavy atom. The van der Waals surface area contributed by atoms with Gasteiger partial charge in [0.2, 0.25) is 0 Å². The Kier molecular flexibility index (Phi) is 5.89. The summed E-state index contributed by atoms with van der Waals surface area (Å²) in [4.78, 5) is 11.2. The van der Waals surface area contributed by atoms with E-state index in [9.17, 15) is 44.3 Å². The molecule has 0 bridgehead atoms. The van der Waals surface area contributed by atoms with Crippen molar-refractivity contribution < 1.29 is 49.0 Å². The minimum Gasteiger partial charge on any atom is -0.464 e. The molecule has 0 amide bonds. The van der Waals surface area contributed by atoms with Gasteiger partial charge in [-0.2, -0.15) is 40.2 Å². The maximum Gasteiger partial charge on any atom is 0.435 e. The second-order valence-electron chi connectivity index (χ2n) is 4.20. The summed E-state index contributed by atoms with van der Waals surface area (Å²) in [6.45, 7) is -2.30. The van der Waals surface area contributed by atoms with Crippen molar-refractivity contribution in [2.75, 3.05) is 6.61 Å². The number of carbonyl (C=O) groups is 1. The number of rotatable bonds is 5. The smallest absolute Gasteiger partial charge is 0.435 e. The number of aromatic nitrogens is 2. The van der Waals surface area contributed by atoms with Crippen molar-refractivity contribution >= 4 is 5.97 Å². The number of esters is 1. The average Bonchev–Trinajstić information content (AvgIpc) is 2.82. The average molecular weight is 370 g/mol. The van der Waals surface area contributed by atoms with E-state index in [-0.39, 0.29) is 10.7 Å². The molecule has 0 aliphatic heterocycles. The third-order valence-electron chi connectivity index (χ3n) is 2.43. The van der Waals surface area contributed by atoms with E-state index in [2.05, 4.69) is 9.84 Å². The van der Waals surface area contributed by atoms with Crippen LogP contribution < -0.4 is 0 Å². The molecule has 1 aromatic heterocycles. The maximum absolute atomic E-state index is 12.6. The summed E-state index contributed by atoms with van der Waals surface area (Å²) in [5.74, 6) is -3.40. The highest BCUT2D eigenvalue weighted by Gasteiger charge is 2.42. The Hall–Kier alpha value is -2.21. The van der Waals surface area contributed by atoms with E-state index in [4.69, 9.17) is 0 Å². The summed E-state index contributed by atoms with van der Waals surface area (Å²) < 4.78 is 115. The number of carbonyl (C=O) groups excluding carboxylic acids is 1. The minimum atomic E-state index is -5.23. The molecule has 0 aliphatic carbocycles. The van der Waals surface area contributed by atoms with Crippen LogP contribution in [-0.2, 0) is 28.4 Å². The molecule has 136 valence electrons. The van der Waals surface area contributed by atoms with Gasteiger partial charge in [0.1, 0.15) is 12.2 Å². The zero-order valence-electron chi connectivity index (χ0n) is 11.3. The molecule has 0 spiro atoms. The van der Waals surface area contributed by atoms with Gasteiger partial charge in [0, 0.05) is 12.5 Å². The van der Waals surface area contributed by atoms with Crippen molar-refractivity contribution in [3.05, 3.63) is 29.4 Å². The van der Waals surface area contributed by atoms with Crippen LogP contribution in [0.3, 0.4) is 0 Å². The zero-order valence-corrected chi connectivity index (χ0v) is 11.3. The number of hydrogen-bond acceptors (Lipinski definition) is 3. The van der Waals surface area contributed by atoms with Gasteiger partial charge >= 0.3 is 24.4 Å². The number of ether oxygens (including phenoxy) is 1. The van der Waals surface area contributed by atoms with E-state index in [1.807, 2.05) is 0 Å². The van der Waals surface area contributed by atoms with Gasteiger partial charge in [-0.3, -0.25) is 4.79 Å². The van der Waals surface area contributed by atoms with Crippen molar-refractivity contribution in [3.63, 3.8) is 0 Å². The second-order valence-corrected chi connectivity index (χ2v) is 4.20. The summed E-state index contributed by atoms with van der Waals surface area (Å²) in [6, 6.07) is -0.297. The fourth-order valence-corrected chi connectivity index (χ4v) is 1.42. The van der Waals surface area contributed by atoms with E-state index >= 15 is 0 Å². The van der Waals surface area contributed by atoms with Crippen LogP contribution in [0.4, 0.5) is 39.5 Å². The predicted octanol–water partition coefficient (Wildman–Crippen LogP) is 3.93. The van der Waals surface area contributed by atoms with Crippen LogP contribution in [0.25, 0.3) is 0 Å². The molecule has 0 saturated carbocycles. The molecule has 4 nitrogen and oxygen atoms in total. The lowest BCUT2D eigenvalue weighted by Crippen LogP contribution is -2.21. The van der Waals surface area contributed by atoms with E-state index in [1.54, 1.807) is 0 Å². The normalized spacial score (nSPS) is 12.2. The Balaban J connectivity index is 2.84. The van der Waals surface area contributed by atoms with Gasteiger partial charge in [-0.05, 0) is 0 Å². The van der Waals surface area contributed by atoms with Gasteiger partial charge in [0.25, 0.3) is 0 Å². The highest BCUT2D eigenvalue weighted by molar-refractivity contribution is 5.69. The van der Waals surface area contributed by atoms with Gasteiger partial charge in [-0.15, -0.1) is 0 Å². The summed E-state index contributed by atoms with van der Waals surface area (Å²) in [6.07, 6.45) is -14.1. The van der Waals surface area contributed by atoms with E-state index in [0.717, 1.165) is 0 Å². The lowest BCUT2D eigenvalue weighted by molar-refractivity contribution is -0.150. The first-order chi connectivity index (χ1) is 10.8. The van der Waals surface area contributed by atoms with Crippen LogP contribution in [0.5, 0.6) is 0 Å². The lowest BCUT2D eigenvalue weighted by atomic mass is 10.3. The van der Waals surface area contributed by atoms with Crippen LogP contribution in [0.15, 0.2) is 18.0 Å². The number of nitrogens with zero attached hydrogens (tertiary/aromatic N) is 2. The molecule has 1 rings (SSSR count). The first kappa shape index (κ1) is 19.8. The van der Waals surface area contributed by atoms with E-state index < -0.39 is 61.2 Å². The molecule has 0 N–H and O–H groups in total. The molecule has 0 aliphatic rings. The monoisotopic (exact) mass is 370 g/mol. The molecule has 24 heavy (non-hydrogen) atoms. The second kappa shape index (κ2) is 7.13. The first-order valence-electron chi connectivity index (χ1n) is 5.90. The Labute approximate surface area is 127 Å². The lowest BCUT2D eigenvalue weighted by Gasteiger charge is -2.09. The molecule has 0 aromatic carbocycles. The van der Waals surface area contributed by atoms with Crippen LogP contribution in [0.1, 0.15) is 17.8 Å². The molecule has 13 heteroatoms. The van der Waals surface area contributed by atoms with Crippen molar-refractivity contribution in [1.29, 1.82) is 0 Å². The summed E-state index contributed by atoms with van der Waals surface area (Å²) >= 11 is 0. The molecule has 0 fully saturated rings. The molecule has 0 atom stereocenters. The Bertz CT molecular complexity index is 626. The molecule has 0 unspecified atom stereocenters. The largest absolute Gasteiger partial charge is 0.464 e. The van der Waals surface area contributed by atoms with Crippen molar-refractivity contribution in [1.82, 2.24) is 9.78 Å². The van der Waals surface area contributed by atoms with Crippen LogP contribution >= 0.6 is 0 Å². The molecule has 1 aromatic rings.